The largest absolute Gasteiger partial charge is 0.449 e. The van der Waals surface area contributed by atoms with Crippen molar-refractivity contribution in [1.29, 1.82) is 5.26 Å². The zero-order chi connectivity index (χ0) is 27.5. The molecule has 3 aliphatic carbocycles. The minimum atomic E-state index is -0.791. The van der Waals surface area contributed by atoms with Gasteiger partial charge in [-0.1, -0.05) is 55.8 Å². The van der Waals surface area contributed by atoms with Crippen LogP contribution in [0.5, 0.6) is 0 Å². The number of nitrogens with zero attached hydrogens (tertiary/aromatic N) is 1. The van der Waals surface area contributed by atoms with E-state index in [-0.39, 0.29) is 41.7 Å². The van der Waals surface area contributed by atoms with Crippen molar-refractivity contribution in [2.45, 2.75) is 101 Å². The summed E-state index contributed by atoms with van der Waals surface area (Å²) in [5.74, 6) is -0.359. The number of amides is 3. The number of carbonyl (C=O) groups is 3. The Balaban J connectivity index is 1.16. The predicted octanol–water partition coefficient (Wildman–Crippen LogP) is 4.80. The summed E-state index contributed by atoms with van der Waals surface area (Å²) >= 11 is 6.13. The van der Waals surface area contributed by atoms with Gasteiger partial charge in [-0.3, -0.25) is 9.59 Å². The lowest BCUT2D eigenvalue weighted by atomic mass is 9.84. The van der Waals surface area contributed by atoms with E-state index in [1.165, 1.54) is 6.42 Å². The molecule has 210 valence electrons. The predicted molar refractivity (Wildman–Crippen MR) is 147 cm³/mol. The molecule has 5 rings (SSSR count). The van der Waals surface area contributed by atoms with Gasteiger partial charge in [0.05, 0.1) is 12.7 Å². The lowest BCUT2D eigenvalue weighted by Crippen LogP contribution is -2.51. The fourth-order valence-electron chi connectivity index (χ4n) is 6.37. The highest BCUT2D eigenvalue weighted by atomic mass is 35.5. The molecule has 3 N–H and O–H groups in total. The second-order valence-corrected chi connectivity index (χ2v) is 12.9. The lowest BCUT2D eigenvalue weighted by Gasteiger charge is -2.27. The summed E-state index contributed by atoms with van der Waals surface area (Å²) in [5.41, 5.74) is 0.951. The van der Waals surface area contributed by atoms with E-state index in [1.807, 2.05) is 24.3 Å². The molecule has 1 heterocycles. The maximum Gasteiger partial charge on any atom is 0.407 e. The summed E-state index contributed by atoms with van der Waals surface area (Å²) < 4.78 is 5.64. The zero-order valence-electron chi connectivity index (χ0n) is 22.5. The monoisotopic (exact) mass is 554 g/mol. The van der Waals surface area contributed by atoms with Gasteiger partial charge in [0.1, 0.15) is 12.1 Å². The van der Waals surface area contributed by atoms with Crippen LogP contribution in [0.15, 0.2) is 24.3 Å². The van der Waals surface area contributed by atoms with Gasteiger partial charge in [0.15, 0.2) is 0 Å². The van der Waals surface area contributed by atoms with Crippen molar-refractivity contribution in [3.8, 4) is 6.07 Å². The summed E-state index contributed by atoms with van der Waals surface area (Å²) in [6, 6.07) is 8.32. The molecule has 3 amide bonds. The van der Waals surface area contributed by atoms with E-state index in [9.17, 15) is 19.6 Å². The molecule has 0 bridgehead atoms. The number of carbonyl (C=O) groups excluding carboxylic acids is 3. The molecule has 0 aromatic heterocycles. The Hall–Kier alpha value is -2.79. The van der Waals surface area contributed by atoms with Crippen LogP contribution >= 0.6 is 11.6 Å². The van der Waals surface area contributed by atoms with Crippen molar-refractivity contribution >= 4 is 29.5 Å². The van der Waals surface area contributed by atoms with E-state index in [1.54, 1.807) is 0 Å². The van der Waals surface area contributed by atoms with Gasteiger partial charge in [-0.05, 0) is 75.0 Å². The van der Waals surface area contributed by atoms with Crippen LogP contribution in [0.2, 0.25) is 5.02 Å². The van der Waals surface area contributed by atoms with Crippen molar-refractivity contribution in [3.05, 3.63) is 34.9 Å². The van der Waals surface area contributed by atoms with Crippen molar-refractivity contribution in [1.82, 2.24) is 16.0 Å². The first kappa shape index (κ1) is 27.8. The van der Waals surface area contributed by atoms with E-state index in [4.69, 9.17) is 16.3 Å². The number of rotatable bonds is 11. The van der Waals surface area contributed by atoms with Crippen LogP contribution in [0.1, 0.15) is 82.6 Å². The Labute approximate surface area is 235 Å². The Kier molecular flexibility index (Phi) is 8.37. The third-order valence-electron chi connectivity index (χ3n) is 9.08. The third-order valence-corrected chi connectivity index (χ3v) is 9.31. The van der Waals surface area contributed by atoms with Crippen molar-refractivity contribution in [3.63, 3.8) is 0 Å². The summed E-state index contributed by atoms with van der Waals surface area (Å²) in [5, 5.41) is 19.1. The molecule has 9 heteroatoms. The van der Waals surface area contributed by atoms with E-state index in [0.29, 0.717) is 23.8 Å². The maximum absolute atomic E-state index is 13.4. The smallest absolute Gasteiger partial charge is 0.407 e. The summed E-state index contributed by atoms with van der Waals surface area (Å²) in [6.07, 6.45) is 11.1. The van der Waals surface area contributed by atoms with Gasteiger partial charge in [0.25, 0.3) is 0 Å². The summed E-state index contributed by atoms with van der Waals surface area (Å²) in [7, 11) is 0. The highest BCUT2D eigenvalue weighted by molar-refractivity contribution is 6.30. The minimum Gasteiger partial charge on any atom is -0.449 e. The van der Waals surface area contributed by atoms with E-state index in [2.05, 4.69) is 22.0 Å². The zero-order valence-corrected chi connectivity index (χ0v) is 23.2. The highest BCUT2D eigenvalue weighted by Crippen LogP contribution is 2.49. The second-order valence-electron chi connectivity index (χ2n) is 12.4. The van der Waals surface area contributed by atoms with Gasteiger partial charge in [0, 0.05) is 21.9 Å². The van der Waals surface area contributed by atoms with Gasteiger partial charge in [0.2, 0.25) is 11.8 Å². The molecule has 8 nitrogen and oxygen atoms in total. The third kappa shape index (κ3) is 7.45. The molecule has 0 unspecified atom stereocenters. The quantitative estimate of drug-likeness (QED) is 0.363. The second kappa shape index (κ2) is 11.8. The fraction of sp³-hybridized carbons (Fsp3) is 0.667. The van der Waals surface area contributed by atoms with Crippen LogP contribution in [0.4, 0.5) is 4.79 Å². The van der Waals surface area contributed by atoms with Crippen LogP contribution in [-0.2, 0) is 20.7 Å². The van der Waals surface area contributed by atoms with Crippen LogP contribution in [0.3, 0.4) is 0 Å². The normalized spacial score (nSPS) is 24.2. The Morgan fingerprint density at radius 2 is 1.90 bits per heavy atom. The summed E-state index contributed by atoms with van der Waals surface area (Å²) in [6.45, 7) is 0.280. The molecule has 1 aliphatic heterocycles. The SMILES string of the molecule is N#C[C@H](C[C@H]1CC2(CC2)NC1=O)NC(=O)[C@H](CC1CCCCC1)NC(=O)OCC1(Cc2cccc(Cl)c2)CC1. The number of alkyl carbamates (subject to hydrolysis) is 1. The number of hydrogen-bond donors (Lipinski definition) is 3. The Bertz CT molecular complexity index is 1120. The molecule has 3 atom stereocenters. The molecule has 0 radical (unpaired) electrons. The van der Waals surface area contributed by atoms with Crippen LogP contribution < -0.4 is 16.0 Å². The molecule has 4 fully saturated rings. The standard InChI is InChI=1S/C30H39ClN4O4/c31-23-8-4-7-21(13-23)16-29(9-10-29)19-39-28(38)34-25(14-20-5-2-1-3-6-20)27(37)33-24(18-32)15-22-17-30(11-12-30)35-26(22)36/h4,7-8,13,20,22,24-25H,1-3,5-6,9-12,14-17,19H2,(H,33,37)(H,34,38)(H,35,36)/t22-,24-,25-/m0/s1. The molecular formula is C30H39ClN4O4. The maximum atomic E-state index is 13.4. The van der Waals surface area contributed by atoms with Crippen molar-refractivity contribution in [2.24, 2.45) is 17.3 Å². The molecule has 1 spiro atoms. The van der Waals surface area contributed by atoms with E-state index < -0.39 is 18.2 Å². The number of ether oxygens (including phenoxy) is 1. The van der Waals surface area contributed by atoms with Gasteiger partial charge < -0.3 is 20.7 Å². The number of nitrogens with one attached hydrogen (secondary N) is 3. The average molecular weight is 555 g/mol. The molecule has 39 heavy (non-hydrogen) atoms. The fourth-order valence-corrected chi connectivity index (χ4v) is 6.58. The Morgan fingerprint density at radius 1 is 1.13 bits per heavy atom. The average Bonchev–Trinajstić information content (AvgIpc) is 3.83. The van der Waals surface area contributed by atoms with Crippen molar-refractivity contribution in [2.75, 3.05) is 6.61 Å². The number of hydrogen-bond acceptors (Lipinski definition) is 5. The van der Waals surface area contributed by atoms with Gasteiger partial charge in [-0.15, -0.1) is 0 Å². The molecule has 3 saturated carbocycles. The number of nitriles is 1. The van der Waals surface area contributed by atoms with Crippen LogP contribution in [0, 0.1) is 28.6 Å². The molecule has 4 aliphatic rings. The number of benzene rings is 1. The molecule has 1 aromatic rings. The lowest BCUT2D eigenvalue weighted by molar-refractivity contribution is -0.125. The van der Waals surface area contributed by atoms with Gasteiger partial charge in [-0.25, -0.2) is 4.79 Å². The van der Waals surface area contributed by atoms with E-state index in [0.717, 1.165) is 63.4 Å². The summed E-state index contributed by atoms with van der Waals surface area (Å²) in [4.78, 5) is 38.6. The minimum absolute atomic E-state index is 0.0331. The topological polar surface area (TPSA) is 120 Å². The van der Waals surface area contributed by atoms with Crippen molar-refractivity contribution < 1.29 is 19.1 Å². The molecule has 1 saturated heterocycles. The first-order valence-corrected chi connectivity index (χ1v) is 14.8. The van der Waals surface area contributed by atoms with Crippen LogP contribution in [-0.4, -0.2) is 42.1 Å². The van der Waals surface area contributed by atoms with Crippen LogP contribution in [0.25, 0.3) is 0 Å². The first-order chi connectivity index (χ1) is 18.8. The number of halogens is 1. The Morgan fingerprint density at radius 3 is 2.54 bits per heavy atom. The van der Waals surface area contributed by atoms with Gasteiger partial charge in [-0.2, -0.15) is 5.26 Å². The van der Waals surface area contributed by atoms with E-state index >= 15 is 0 Å². The molecular weight excluding hydrogens is 516 g/mol. The molecule has 1 aromatic carbocycles. The highest BCUT2D eigenvalue weighted by Gasteiger charge is 2.52. The first-order valence-electron chi connectivity index (χ1n) is 14.5. The van der Waals surface area contributed by atoms with Gasteiger partial charge >= 0.3 is 6.09 Å².